The van der Waals surface area contributed by atoms with Crippen LogP contribution < -0.4 is 10.6 Å². The highest BCUT2D eigenvalue weighted by atomic mass is 32.2. The summed E-state index contributed by atoms with van der Waals surface area (Å²) < 4.78 is 30.5. The maximum absolute atomic E-state index is 13.3. The monoisotopic (exact) mass is 547 g/mol. The zero-order valence-electron chi connectivity index (χ0n) is 21.1. The Labute approximate surface area is 221 Å². The molecule has 1 saturated carbocycles. The van der Waals surface area contributed by atoms with Crippen molar-refractivity contribution in [1.82, 2.24) is 15.2 Å². The zero-order valence-corrected chi connectivity index (χ0v) is 22.7. The highest BCUT2D eigenvalue weighted by molar-refractivity contribution is 7.92. The van der Waals surface area contributed by atoms with Crippen molar-refractivity contribution in [2.45, 2.75) is 68.0 Å². The number of nitrogens with one attached hydrogen (secondary N) is 2. The number of anilines is 1. The summed E-state index contributed by atoms with van der Waals surface area (Å²) in [6.07, 6.45) is 3.64. The minimum atomic E-state index is -3.32. The van der Waals surface area contributed by atoms with Crippen LogP contribution in [0.5, 0.6) is 0 Å². The van der Waals surface area contributed by atoms with Crippen molar-refractivity contribution in [3.8, 4) is 0 Å². The fraction of sp³-hybridized carbons (Fsp3) is 0.560. The van der Waals surface area contributed by atoms with E-state index in [0.717, 1.165) is 24.5 Å². The lowest BCUT2D eigenvalue weighted by atomic mass is 10.1. The molecule has 12 heteroatoms. The topological polar surface area (TPSA) is 122 Å². The first-order chi connectivity index (χ1) is 17.8. The van der Waals surface area contributed by atoms with Gasteiger partial charge in [-0.2, -0.15) is 0 Å². The van der Waals surface area contributed by atoms with Crippen molar-refractivity contribution >= 4 is 37.9 Å². The van der Waals surface area contributed by atoms with E-state index in [1.807, 2.05) is 0 Å². The molecule has 0 unspecified atom stereocenters. The average Bonchev–Trinajstić information content (AvgIpc) is 3.44. The van der Waals surface area contributed by atoms with E-state index in [0.29, 0.717) is 55.3 Å². The molecule has 5 rings (SSSR count). The number of oxime groups is 1. The Morgan fingerprint density at radius 2 is 1.95 bits per heavy atom. The van der Waals surface area contributed by atoms with Crippen LogP contribution in [0.25, 0.3) is 0 Å². The third kappa shape index (κ3) is 6.55. The molecule has 0 spiro atoms. The van der Waals surface area contributed by atoms with Gasteiger partial charge in [0.2, 0.25) is 0 Å². The van der Waals surface area contributed by atoms with Crippen LogP contribution in [0.3, 0.4) is 0 Å². The largest absolute Gasteiger partial charge is 0.389 e. The molecule has 1 aliphatic carbocycles. The summed E-state index contributed by atoms with van der Waals surface area (Å²) in [5.41, 5.74) is 0.524. The molecule has 0 radical (unpaired) electrons. The smallest absolute Gasteiger partial charge is 0.280 e. The van der Waals surface area contributed by atoms with Crippen molar-refractivity contribution in [3.05, 3.63) is 40.9 Å². The number of carbonyl (C=O) groups is 1. The van der Waals surface area contributed by atoms with Crippen molar-refractivity contribution in [1.29, 1.82) is 0 Å². The summed E-state index contributed by atoms with van der Waals surface area (Å²) in [7, 11) is -3.32. The fourth-order valence-electron chi connectivity index (χ4n) is 4.71. The van der Waals surface area contributed by atoms with E-state index in [-0.39, 0.29) is 22.0 Å². The van der Waals surface area contributed by atoms with Gasteiger partial charge in [0.05, 0.1) is 23.4 Å². The molecule has 1 amide bonds. The Morgan fingerprint density at radius 3 is 2.59 bits per heavy atom. The van der Waals surface area contributed by atoms with Crippen molar-refractivity contribution < 1.29 is 22.8 Å². The lowest BCUT2D eigenvalue weighted by Gasteiger charge is -2.35. The predicted molar refractivity (Wildman–Crippen MR) is 142 cm³/mol. The number of aromatic nitrogens is 1. The van der Waals surface area contributed by atoms with Crippen molar-refractivity contribution in [3.63, 3.8) is 0 Å². The van der Waals surface area contributed by atoms with E-state index < -0.39 is 15.7 Å². The predicted octanol–water partition coefficient (Wildman–Crippen LogP) is 2.41. The molecule has 200 valence electrons. The Morgan fingerprint density at radius 1 is 1.22 bits per heavy atom. The molecule has 10 nitrogen and oxygen atoms in total. The zero-order chi connectivity index (χ0) is 26.0. The Balaban J connectivity index is 1.30. The molecule has 37 heavy (non-hydrogen) atoms. The number of amides is 1. The van der Waals surface area contributed by atoms with E-state index in [1.165, 1.54) is 23.5 Å². The fourth-order valence-corrected chi connectivity index (χ4v) is 7.21. The SMILES string of the molecule is C[C@@H]1CN(Cc2cnc(NC(=O)/C(=N/O[C@@H]3CCOC3)c3ccc(S(=O)(=O)C4CC4)cc3)s2)C[C@H](C)N1. The van der Waals surface area contributed by atoms with Crippen LogP contribution >= 0.6 is 11.3 Å². The molecule has 2 N–H and O–H groups in total. The quantitative estimate of drug-likeness (QED) is 0.363. The molecule has 2 aliphatic heterocycles. The second kappa shape index (κ2) is 11.2. The molecule has 3 fully saturated rings. The first kappa shape index (κ1) is 26.2. The van der Waals surface area contributed by atoms with Crippen molar-refractivity contribution in [2.24, 2.45) is 5.16 Å². The molecule has 2 saturated heterocycles. The van der Waals surface area contributed by atoms with Crippen LogP contribution in [0.4, 0.5) is 5.13 Å². The van der Waals surface area contributed by atoms with E-state index in [4.69, 9.17) is 9.57 Å². The number of hydrogen-bond donors (Lipinski definition) is 2. The lowest BCUT2D eigenvalue weighted by molar-refractivity contribution is -0.110. The Bertz CT molecular complexity index is 1230. The van der Waals surface area contributed by atoms with Gasteiger partial charge in [-0.1, -0.05) is 17.3 Å². The molecule has 0 bridgehead atoms. The van der Waals surface area contributed by atoms with E-state index >= 15 is 0 Å². The van der Waals surface area contributed by atoms with Gasteiger partial charge in [-0.05, 0) is 38.8 Å². The first-order valence-corrected chi connectivity index (χ1v) is 15.0. The van der Waals surface area contributed by atoms with Gasteiger partial charge in [-0.25, -0.2) is 13.4 Å². The average molecular weight is 548 g/mol. The number of ether oxygens (including phenoxy) is 1. The molecule has 1 aromatic carbocycles. The molecule has 3 heterocycles. The number of thiazole rings is 1. The number of benzene rings is 1. The first-order valence-electron chi connectivity index (χ1n) is 12.7. The summed E-state index contributed by atoms with van der Waals surface area (Å²) in [6.45, 7) is 8.03. The van der Waals surface area contributed by atoms with Gasteiger partial charge in [0, 0.05) is 54.8 Å². The van der Waals surface area contributed by atoms with Crippen LogP contribution in [0, 0.1) is 0 Å². The summed E-state index contributed by atoms with van der Waals surface area (Å²) in [5.74, 6) is -0.470. The van der Waals surface area contributed by atoms with Gasteiger partial charge in [-0.3, -0.25) is 15.0 Å². The third-order valence-corrected chi connectivity index (χ3v) is 9.78. The van der Waals surface area contributed by atoms with Crippen LogP contribution in [0.1, 0.15) is 43.6 Å². The van der Waals surface area contributed by atoms with Gasteiger partial charge < -0.3 is 14.9 Å². The molecule has 1 aromatic heterocycles. The normalized spacial score (nSPS) is 25.2. The highest BCUT2D eigenvalue weighted by Gasteiger charge is 2.37. The molecule has 3 atom stereocenters. The van der Waals surface area contributed by atoms with Crippen LogP contribution in [0.15, 0.2) is 40.5 Å². The van der Waals surface area contributed by atoms with Gasteiger partial charge in [0.1, 0.15) is 0 Å². The standard InChI is InChI=1S/C25H33N5O5S2/c1-16-12-30(13-17(2)27-16)14-20-11-26-25(36-20)28-24(31)23(29-35-19-9-10-34-15-19)18-3-5-21(6-4-18)37(32,33)22-7-8-22/h3-6,11,16-17,19,22,27H,7-10,12-15H2,1-2H3,(H,26,28,31)/b29-23+/t16-,17+,19-/m1/s1. The molecule has 3 aliphatic rings. The number of hydrogen-bond acceptors (Lipinski definition) is 10. The Hall–Kier alpha value is -2.38. The van der Waals surface area contributed by atoms with Crippen LogP contribution in [-0.4, -0.2) is 79.7 Å². The Kier molecular flexibility index (Phi) is 7.91. The van der Waals surface area contributed by atoms with Gasteiger partial charge in [0.15, 0.2) is 26.8 Å². The van der Waals surface area contributed by atoms with Gasteiger partial charge in [-0.15, -0.1) is 11.3 Å². The second-order valence-corrected chi connectivity index (χ2v) is 13.4. The summed E-state index contributed by atoms with van der Waals surface area (Å²) in [4.78, 5) is 27.0. The van der Waals surface area contributed by atoms with Crippen LogP contribution in [0.2, 0.25) is 0 Å². The van der Waals surface area contributed by atoms with Gasteiger partial charge >= 0.3 is 0 Å². The number of sulfone groups is 1. The molecular formula is C25H33N5O5S2. The maximum atomic E-state index is 13.3. The summed E-state index contributed by atoms with van der Waals surface area (Å²) >= 11 is 1.43. The highest BCUT2D eigenvalue weighted by Crippen LogP contribution is 2.33. The number of nitrogens with zero attached hydrogens (tertiary/aromatic N) is 3. The van der Waals surface area contributed by atoms with Gasteiger partial charge in [0.25, 0.3) is 5.91 Å². The van der Waals surface area contributed by atoms with Crippen LogP contribution in [-0.2, 0) is 30.8 Å². The maximum Gasteiger partial charge on any atom is 0.280 e. The number of rotatable bonds is 9. The second-order valence-electron chi connectivity index (χ2n) is 10.0. The molecular weight excluding hydrogens is 514 g/mol. The summed E-state index contributed by atoms with van der Waals surface area (Å²) in [5, 5.41) is 10.7. The number of carbonyl (C=O) groups excluding carboxylic acids is 1. The van der Waals surface area contributed by atoms with E-state index in [1.54, 1.807) is 18.3 Å². The van der Waals surface area contributed by atoms with Crippen molar-refractivity contribution in [2.75, 3.05) is 31.6 Å². The summed E-state index contributed by atoms with van der Waals surface area (Å²) in [6, 6.07) is 7.10. The lowest BCUT2D eigenvalue weighted by Crippen LogP contribution is -2.53. The van der Waals surface area contributed by atoms with E-state index in [9.17, 15) is 13.2 Å². The number of piperazine rings is 1. The third-order valence-electron chi connectivity index (χ3n) is 6.60. The minimum absolute atomic E-state index is 0.0591. The molecule has 2 aromatic rings. The van der Waals surface area contributed by atoms with E-state index in [2.05, 4.69) is 39.5 Å². The minimum Gasteiger partial charge on any atom is -0.389 e.